The highest BCUT2D eigenvalue weighted by Gasteiger charge is 2.22. The minimum atomic E-state index is -0.533. The van der Waals surface area contributed by atoms with Crippen molar-refractivity contribution < 1.29 is 21.5 Å². The fourth-order valence-electron chi connectivity index (χ4n) is 8.50. The van der Waals surface area contributed by atoms with E-state index < -0.39 is 30.2 Å². The zero-order valence-electron chi connectivity index (χ0n) is 43.7. The van der Waals surface area contributed by atoms with E-state index in [1.165, 1.54) is 0 Å². The summed E-state index contributed by atoms with van der Waals surface area (Å²) < 4.78 is 93.4. The maximum absolute atomic E-state index is 9.60. The average molecular weight is 800 g/mol. The molecule has 2 bridgehead atoms. The zero-order chi connectivity index (χ0) is 49.5. The number of rotatable bonds is 5. The van der Waals surface area contributed by atoms with E-state index >= 15 is 0 Å². The molecule has 11 aromatic rings. The molecule has 0 saturated heterocycles. The van der Waals surface area contributed by atoms with Gasteiger partial charge in [0.05, 0.1) is 45.6 Å². The summed E-state index contributed by atoms with van der Waals surface area (Å²) >= 11 is 0. The Morgan fingerprint density at radius 1 is 0.590 bits per heavy atom. The molecule has 4 heterocycles. The van der Waals surface area contributed by atoms with Crippen LogP contribution >= 0.6 is 0 Å². The molecule has 0 aliphatic carbocycles. The van der Waals surface area contributed by atoms with Crippen LogP contribution in [0.15, 0.2) is 170 Å². The number of ether oxygens (including phenoxy) is 1. The second-order valence-corrected chi connectivity index (χ2v) is 17.6. The van der Waals surface area contributed by atoms with Gasteiger partial charge in [0.15, 0.2) is 0 Å². The number of hydrogen-bond acceptors (Lipinski definition) is 2. The quantitative estimate of drug-likeness (QED) is 0.128. The summed E-state index contributed by atoms with van der Waals surface area (Å²) in [4.78, 5) is 4.86. The summed E-state index contributed by atoms with van der Waals surface area (Å²) in [7, 11) is 0. The molecule has 61 heavy (non-hydrogen) atoms. The maximum atomic E-state index is 9.60. The lowest BCUT2D eigenvalue weighted by molar-refractivity contribution is -0.484. The molecule has 0 saturated carbocycles. The van der Waals surface area contributed by atoms with Crippen molar-refractivity contribution in [2.75, 3.05) is 0 Å². The van der Waals surface area contributed by atoms with Crippen LogP contribution in [0.5, 0.6) is 11.5 Å². The highest BCUT2D eigenvalue weighted by Crippen LogP contribution is 2.39. The molecule has 0 N–H and O–H groups in total. The molecule has 0 aliphatic heterocycles. The standard InChI is InChI=1S/C56H46N4O/c1-55(2,3)39-27-28-57-52(32-39)60-49-23-11-10-19-47(49)48-26-25-42(34-51(48)60)61-43-31-40(56(4,5)6)30-41(33-43)58-35-59-53-44(36-15-8-7-9-16-36)20-13-21-45(53)37-17-12-18-38(29-37)46-22-14-24-50(58)54(46)59/h7-34H,1-6H3/i7D,8D,9D,12D,15D,16D,17D,18D,29D. The number of aromatic nitrogens is 4. The number of fused-ring (bicyclic) bond motifs is 9. The number of para-hydroxylation sites is 3. The van der Waals surface area contributed by atoms with Crippen LogP contribution in [0, 0.1) is 6.33 Å². The number of nitrogens with zero attached hydrogens (tertiary/aromatic N) is 4. The molecule has 0 unspecified atom stereocenters. The van der Waals surface area contributed by atoms with Crippen molar-refractivity contribution in [2.45, 2.75) is 52.4 Å². The van der Waals surface area contributed by atoms with Gasteiger partial charge >= 0.3 is 0 Å². The molecule has 4 aromatic heterocycles. The second kappa shape index (κ2) is 13.7. The summed E-state index contributed by atoms with van der Waals surface area (Å²) in [5, 5.41) is 3.14. The van der Waals surface area contributed by atoms with Gasteiger partial charge < -0.3 is 4.74 Å². The maximum Gasteiger partial charge on any atom is 0.269 e. The summed E-state index contributed by atoms with van der Waals surface area (Å²) in [6, 6.07) is 31.6. The normalized spacial score (nSPS) is 14.5. The fraction of sp³-hybridized carbons (Fsp3) is 0.143. The lowest BCUT2D eigenvalue weighted by Crippen LogP contribution is -2.21. The van der Waals surface area contributed by atoms with E-state index in [4.69, 9.17) is 20.7 Å². The molecular weight excluding hydrogens is 745 g/mol. The van der Waals surface area contributed by atoms with Gasteiger partial charge in [0.2, 0.25) is 0 Å². The van der Waals surface area contributed by atoms with Gasteiger partial charge in [0.1, 0.15) is 17.3 Å². The Bertz CT molecular complexity index is 4040. The van der Waals surface area contributed by atoms with Crippen molar-refractivity contribution in [1.29, 1.82) is 0 Å². The van der Waals surface area contributed by atoms with Gasteiger partial charge in [-0.25, -0.2) is 4.98 Å². The van der Waals surface area contributed by atoms with Crippen LogP contribution in [0.1, 0.15) is 65.0 Å². The van der Waals surface area contributed by atoms with Gasteiger partial charge in [-0.3, -0.25) is 13.5 Å². The monoisotopic (exact) mass is 799 g/mol. The molecule has 0 amide bonds. The minimum absolute atomic E-state index is 0.0664. The lowest BCUT2D eigenvalue weighted by atomic mass is 9.86. The number of hydrogen-bond donors (Lipinski definition) is 0. The van der Waals surface area contributed by atoms with Crippen LogP contribution in [-0.2, 0) is 10.8 Å². The van der Waals surface area contributed by atoms with Crippen LogP contribution in [0.4, 0.5) is 0 Å². The summed E-state index contributed by atoms with van der Waals surface area (Å²) in [6.07, 6.45) is 5.44. The first-order chi connectivity index (χ1) is 33.2. The van der Waals surface area contributed by atoms with Gasteiger partial charge in [0, 0.05) is 23.0 Å². The first-order valence-corrected chi connectivity index (χ1v) is 20.4. The largest absolute Gasteiger partial charge is 0.458 e. The Balaban J connectivity index is 1.19. The van der Waals surface area contributed by atoms with Crippen LogP contribution in [-0.4, -0.2) is 14.1 Å². The third kappa shape index (κ3) is 6.14. The van der Waals surface area contributed by atoms with Gasteiger partial charge in [-0.05, 0) is 109 Å². The summed E-state index contributed by atoms with van der Waals surface area (Å²) in [6.45, 7) is 12.9. The van der Waals surface area contributed by atoms with Gasteiger partial charge in [-0.15, -0.1) is 0 Å². The molecule has 11 rings (SSSR count). The average Bonchev–Trinajstić information content (AvgIpc) is 3.88. The van der Waals surface area contributed by atoms with Crippen LogP contribution in [0.2, 0.25) is 0 Å². The van der Waals surface area contributed by atoms with Crippen LogP contribution in [0.3, 0.4) is 0 Å². The topological polar surface area (TPSA) is 36.1 Å². The van der Waals surface area contributed by atoms with E-state index in [2.05, 4.69) is 88.8 Å². The Labute approximate surface area is 368 Å². The van der Waals surface area contributed by atoms with Crippen molar-refractivity contribution >= 4 is 59.9 Å². The van der Waals surface area contributed by atoms with Gasteiger partial charge in [-0.1, -0.05) is 144 Å². The molecule has 0 atom stereocenters. The Hall–Kier alpha value is -7.24. The zero-order valence-corrected chi connectivity index (χ0v) is 34.7. The third-order valence-electron chi connectivity index (χ3n) is 11.6. The molecule has 5 heteroatoms. The van der Waals surface area contributed by atoms with Crippen LogP contribution < -0.4 is 9.14 Å². The van der Waals surface area contributed by atoms with Crippen LogP contribution in [0.25, 0.3) is 82.5 Å². The van der Waals surface area contributed by atoms with E-state index in [9.17, 15) is 1.37 Å². The number of imidazole rings is 1. The fourth-order valence-corrected chi connectivity index (χ4v) is 8.50. The highest BCUT2D eigenvalue weighted by atomic mass is 16.5. The van der Waals surface area contributed by atoms with Gasteiger partial charge in [-0.2, -0.15) is 0 Å². The van der Waals surface area contributed by atoms with E-state index in [1.807, 2.05) is 59.3 Å². The first kappa shape index (κ1) is 28.3. The smallest absolute Gasteiger partial charge is 0.269 e. The Kier molecular flexibility index (Phi) is 6.33. The lowest BCUT2D eigenvalue weighted by Gasteiger charge is -2.22. The highest BCUT2D eigenvalue weighted by molar-refractivity contribution is 6.10. The molecular formula is C56H46N4O. The molecule has 0 aliphatic rings. The van der Waals surface area contributed by atoms with Crippen molar-refractivity contribution in [3.63, 3.8) is 0 Å². The predicted molar refractivity (Wildman–Crippen MR) is 252 cm³/mol. The Morgan fingerprint density at radius 3 is 2.08 bits per heavy atom. The van der Waals surface area contributed by atoms with Crippen molar-refractivity contribution in [3.8, 4) is 34.1 Å². The SMILES string of the molecule is [2H]c1c([2H])c([2H])c(-c2cccc3c4c([2H])c([2H])c([2H])c(c4[2H])c4cccc5c4[n+]([c-]n5-c4cc(Oc5ccc6c7ccccc7n(-c7cc(C(C)(C)C)ccn7)c6c5)cc(C(C)(C)C)c4)c23)c([2H])c1[2H]. The van der Waals surface area contributed by atoms with Gasteiger partial charge in [0.25, 0.3) is 6.33 Å². The predicted octanol–water partition coefficient (Wildman–Crippen LogP) is 14.0. The minimum Gasteiger partial charge on any atom is -0.458 e. The van der Waals surface area contributed by atoms with E-state index in [-0.39, 0.29) is 56.9 Å². The summed E-state index contributed by atoms with van der Waals surface area (Å²) in [5.41, 5.74) is 5.86. The third-order valence-corrected chi connectivity index (χ3v) is 11.6. The summed E-state index contributed by atoms with van der Waals surface area (Å²) in [5.74, 6) is 1.95. The molecule has 0 radical (unpaired) electrons. The Morgan fingerprint density at radius 2 is 1.30 bits per heavy atom. The second-order valence-electron chi connectivity index (χ2n) is 17.6. The molecule has 0 spiro atoms. The number of benzene rings is 7. The molecule has 296 valence electrons. The van der Waals surface area contributed by atoms with E-state index in [0.717, 1.165) is 38.8 Å². The number of pyridine rings is 1. The van der Waals surface area contributed by atoms with Crippen molar-refractivity contribution in [1.82, 2.24) is 14.1 Å². The molecule has 5 nitrogen and oxygen atoms in total. The van der Waals surface area contributed by atoms with E-state index in [1.54, 1.807) is 28.7 Å². The molecule has 7 aromatic carbocycles. The van der Waals surface area contributed by atoms with E-state index in [0.29, 0.717) is 44.5 Å². The molecule has 0 fully saturated rings. The van der Waals surface area contributed by atoms with Crippen molar-refractivity contribution in [2.24, 2.45) is 0 Å². The first-order valence-electron chi connectivity index (χ1n) is 24.9. The van der Waals surface area contributed by atoms with Crippen molar-refractivity contribution in [3.05, 3.63) is 187 Å².